The second-order valence-corrected chi connectivity index (χ2v) is 12.1. The molecule has 234 valence electrons. The molecule has 0 bridgehead atoms. The predicted octanol–water partition coefficient (Wildman–Crippen LogP) is 6.93. The van der Waals surface area contributed by atoms with E-state index in [1.807, 2.05) is 0 Å². The molecule has 1 fully saturated rings. The average molecular weight is 613 g/mol. The zero-order valence-electron chi connectivity index (χ0n) is 24.6. The van der Waals surface area contributed by atoms with Gasteiger partial charge in [0.15, 0.2) is 0 Å². The third kappa shape index (κ3) is 5.97. The maximum Gasteiger partial charge on any atom is 0.417 e. The fraction of sp³-hybridized carbons (Fsp3) is 0.441. The lowest BCUT2D eigenvalue weighted by Gasteiger charge is -2.31. The van der Waals surface area contributed by atoms with E-state index in [1.54, 1.807) is 44.2 Å². The Morgan fingerprint density at radius 3 is 2.39 bits per heavy atom. The zero-order valence-corrected chi connectivity index (χ0v) is 24.6. The van der Waals surface area contributed by atoms with Crippen LogP contribution in [0, 0.1) is 13.8 Å². The highest BCUT2D eigenvalue weighted by atomic mass is 19.4. The Labute approximate surface area is 253 Å². The fourth-order valence-electron chi connectivity index (χ4n) is 6.70. The van der Waals surface area contributed by atoms with Gasteiger partial charge in [-0.1, -0.05) is 12.1 Å². The summed E-state index contributed by atoms with van der Waals surface area (Å²) in [6.45, 7) is 4.82. The van der Waals surface area contributed by atoms with Crippen LogP contribution in [0.3, 0.4) is 0 Å². The molecule has 0 radical (unpaired) electrons. The maximum absolute atomic E-state index is 14.5. The van der Waals surface area contributed by atoms with E-state index < -0.39 is 29.4 Å². The highest BCUT2D eigenvalue weighted by Gasteiger charge is 2.39. The number of carbonyl (C=O) groups is 1. The summed E-state index contributed by atoms with van der Waals surface area (Å²) in [7, 11) is 0. The Morgan fingerprint density at radius 2 is 1.70 bits per heavy atom. The van der Waals surface area contributed by atoms with Crippen LogP contribution in [0.15, 0.2) is 42.5 Å². The summed E-state index contributed by atoms with van der Waals surface area (Å²) >= 11 is 0. The molecule has 3 aromatic carbocycles. The molecule has 3 aliphatic rings. The summed E-state index contributed by atoms with van der Waals surface area (Å²) in [6, 6.07) is 11.4. The molecular formula is C34H35F3O7. The molecule has 2 aliphatic heterocycles. The van der Waals surface area contributed by atoms with Crippen LogP contribution in [0.4, 0.5) is 13.2 Å². The van der Waals surface area contributed by atoms with E-state index in [0.29, 0.717) is 84.0 Å². The summed E-state index contributed by atoms with van der Waals surface area (Å²) < 4.78 is 66.6. The van der Waals surface area contributed by atoms with Gasteiger partial charge in [0, 0.05) is 43.6 Å². The summed E-state index contributed by atoms with van der Waals surface area (Å²) in [6.07, 6.45) is -3.21. The second kappa shape index (κ2) is 11.6. The third-order valence-electron chi connectivity index (χ3n) is 8.91. The molecule has 7 nitrogen and oxygen atoms in total. The van der Waals surface area contributed by atoms with Gasteiger partial charge in [0.1, 0.15) is 35.6 Å². The van der Waals surface area contributed by atoms with Gasteiger partial charge in [0.05, 0.1) is 18.6 Å². The van der Waals surface area contributed by atoms with Gasteiger partial charge in [0.25, 0.3) is 0 Å². The molecule has 0 spiro atoms. The van der Waals surface area contributed by atoms with Crippen molar-refractivity contribution in [3.8, 4) is 28.4 Å². The smallest absolute Gasteiger partial charge is 0.417 e. The molecule has 1 aliphatic carbocycles. The van der Waals surface area contributed by atoms with Crippen LogP contribution in [0.25, 0.3) is 11.1 Å². The Balaban J connectivity index is 1.30. The number of hydrogen-bond donors (Lipinski definition) is 2. The molecule has 0 amide bonds. The maximum atomic E-state index is 14.5. The number of ether oxygens (including phenoxy) is 4. The summed E-state index contributed by atoms with van der Waals surface area (Å²) in [5.41, 5.74) is 2.42. The van der Waals surface area contributed by atoms with Crippen molar-refractivity contribution in [3.63, 3.8) is 0 Å². The first-order valence-corrected chi connectivity index (χ1v) is 14.8. The Morgan fingerprint density at radius 1 is 1.00 bits per heavy atom. The quantitative estimate of drug-likeness (QED) is 0.285. The lowest BCUT2D eigenvalue weighted by atomic mass is 9.86. The van der Waals surface area contributed by atoms with Crippen LogP contribution in [0.5, 0.6) is 17.2 Å². The Hall–Kier alpha value is -3.76. The number of aryl methyl sites for hydroxylation is 2. The van der Waals surface area contributed by atoms with Crippen LogP contribution in [0.1, 0.15) is 71.1 Å². The Bertz CT molecular complexity index is 1550. The third-order valence-corrected chi connectivity index (χ3v) is 8.91. The summed E-state index contributed by atoms with van der Waals surface area (Å²) in [5, 5.41) is 20.0. The topological polar surface area (TPSA) is 94.5 Å². The molecule has 2 heterocycles. The normalized spacial score (nSPS) is 20.5. The van der Waals surface area contributed by atoms with Gasteiger partial charge in [-0.25, -0.2) is 0 Å². The van der Waals surface area contributed by atoms with Gasteiger partial charge >= 0.3 is 12.1 Å². The summed E-state index contributed by atoms with van der Waals surface area (Å²) in [5.74, 6) is 0.443. The molecule has 44 heavy (non-hydrogen) atoms. The van der Waals surface area contributed by atoms with Gasteiger partial charge in [-0.3, -0.25) is 4.79 Å². The highest BCUT2D eigenvalue weighted by Crippen LogP contribution is 2.49. The van der Waals surface area contributed by atoms with E-state index in [-0.39, 0.29) is 31.1 Å². The van der Waals surface area contributed by atoms with Gasteiger partial charge in [0.2, 0.25) is 0 Å². The van der Waals surface area contributed by atoms with Crippen molar-refractivity contribution in [2.75, 3.05) is 26.4 Å². The number of hydrogen-bond acceptors (Lipinski definition) is 6. The van der Waals surface area contributed by atoms with E-state index in [4.69, 9.17) is 18.9 Å². The van der Waals surface area contributed by atoms with Gasteiger partial charge in [-0.05, 0) is 84.3 Å². The molecule has 0 unspecified atom stereocenters. The van der Waals surface area contributed by atoms with Crippen LogP contribution in [-0.2, 0) is 22.1 Å². The van der Waals surface area contributed by atoms with Crippen LogP contribution >= 0.6 is 0 Å². The number of alkyl halides is 3. The minimum atomic E-state index is -4.56. The number of rotatable bonds is 8. The lowest BCUT2D eigenvalue weighted by molar-refractivity contribution is -0.138. The van der Waals surface area contributed by atoms with E-state index in [1.165, 1.54) is 6.07 Å². The molecule has 0 saturated carbocycles. The number of fused-ring (bicyclic) bond motifs is 2. The monoisotopic (exact) mass is 612 g/mol. The average Bonchev–Trinajstić information content (AvgIpc) is 3.55. The van der Waals surface area contributed by atoms with Crippen LogP contribution < -0.4 is 14.2 Å². The standard InChI is InChI=1S/C34H35F3O7/c1-19-13-23(43-18-33(40)9-11-41-12-10-33)14-20(2)31(19)32-26-6-8-28(25(26)5-7-27(32)34(35,36)37)44-22-3-4-24-21(15-30(38)39)17-42-29(24)16-22/h3-5,7,13-14,16,21,28,40H,6,8-12,15,17-18H2,1-2H3,(H,38,39)/t21-,28-/m1/s1. The second-order valence-electron chi connectivity index (χ2n) is 12.1. The number of halogens is 3. The van der Waals surface area contributed by atoms with Crippen molar-refractivity contribution >= 4 is 5.97 Å². The van der Waals surface area contributed by atoms with Crippen LogP contribution in [-0.4, -0.2) is 48.2 Å². The predicted molar refractivity (Wildman–Crippen MR) is 155 cm³/mol. The van der Waals surface area contributed by atoms with Crippen molar-refractivity contribution in [3.05, 3.63) is 75.8 Å². The zero-order chi connectivity index (χ0) is 31.2. The summed E-state index contributed by atoms with van der Waals surface area (Å²) in [4.78, 5) is 11.2. The van der Waals surface area contributed by atoms with Crippen molar-refractivity contribution in [2.45, 2.75) is 69.8 Å². The van der Waals surface area contributed by atoms with E-state index in [9.17, 15) is 28.2 Å². The molecule has 2 N–H and O–H groups in total. The van der Waals surface area contributed by atoms with Crippen LogP contribution in [0.2, 0.25) is 0 Å². The molecule has 2 atom stereocenters. The van der Waals surface area contributed by atoms with Crippen molar-refractivity contribution < 1.29 is 47.1 Å². The molecule has 0 aromatic heterocycles. The first kappa shape index (κ1) is 30.3. The molecule has 10 heteroatoms. The first-order valence-electron chi connectivity index (χ1n) is 14.8. The van der Waals surface area contributed by atoms with Crippen molar-refractivity contribution in [2.24, 2.45) is 0 Å². The van der Waals surface area contributed by atoms with Crippen molar-refractivity contribution in [1.82, 2.24) is 0 Å². The SMILES string of the molecule is Cc1cc(OCC2(O)CCOCC2)cc(C)c1-c1c(C(F)(F)F)ccc2c1CC[C@H]2Oc1ccc2c(c1)OC[C@H]2CC(=O)O. The number of carboxylic acid groups (broad SMARTS) is 1. The highest BCUT2D eigenvalue weighted by molar-refractivity contribution is 5.80. The van der Waals surface area contributed by atoms with E-state index >= 15 is 0 Å². The fourth-order valence-corrected chi connectivity index (χ4v) is 6.70. The lowest BCUT2D eigenvalue weighted by Crippen LogP contribution is -2.41. The van der Waals surface area contributed by atoms with E-state index in [2.05, 4.69) is 0 Å². The molecule has 3 aromatic rings. The first-order chi connectivity index (χ1) is 20.9. The van der Waals surface area contributed by atoms with Crippen molar-refractivity contribution in [1.29, 1.82) is 0 Å². The molecule has 6 rings (SSSR count). The molecular weight excluding hydrogens is 577 g/mol. The van der Waals surface area contributed by atoms with Gasteiger partial charge in [-0.15, -0.1) is 0 Å². The molecule has 1 saturated heterocycles. The largest absolute Gasteiger partial charge is 0.492 e. The Kier molecular flexibility index (Phi) is 8.00. The van der Waals surface area contributed by atoms with Gasteiger partial charge in [-0.2, -0.15) is 13.2 Å². The number of aliphatic hydroxyl groups is 1. The number of carboxylic acids is 1. The minimum absolute atomic E-state index is 0.0307. The van der Waals surface area contributed by atoms with Gasteiger partial charge < -0.3 is 29.2 Å². The minimum Gasteiger partial charge on any atom is -0.492 e. The number of aliphatic carboxylic acids is 1. The van der Waals surface area contributed by atoms with E-state index in [0.717, 1.165) is 11.6 Å². The number of benzene rings is 3.